The first kappa shape index (κ1) is 19.1. The standard InChI is InChI=1S/C23H33N3/c1-7-26(6)14-17-11-20-13-18-9-8-10-19(15-24(2)3)22(18)23(20)21(12-17)16-25(4)5/h8-12H,7,13-16H2,1-6H3. The Morgan fingerprint density at radius 2 is 1.42 bits per heavy atom. The first-order valence-electron chi connectivity index (χ1n) is 9.62. The van der Waals surface area contributed by atoms with Crippen LogP contribution in [0.2, 0.25) is 0 Å². The molecule has 1 aliphatic rings. The third-order valence-corrected chi connectivity index (χ3v) is 5.19. The highest BCUT2D eigenvalue weighted by molar-refractivity contribution is 5.82. The van der Waals surface area contributed by atoms with Crippen molar-refractivity contribution < 1.29 is 0 Å². The fourth-order valence-corrected chi connectivity index (χ4v) is 4.08. The minimum absolute atomic E-state index is 0.988. The molecule has 1 aliphatic carbocycles. The van der Waals surface area contributed by atoms with Crippen molar-refractivity contribution in [2.75, 3.05) is 41.8 Å². The minimum Gasteiger partial charge on any atom is -0.305 e. The van der Waals surface area contributed by atoms with E-state index < -0.39 is 0 Å². The van der Waals surface area contributed by atoms with Crippen LogP contribution < -0.4 is 0 Å². The Balaban J connectivity index is 2.11. The van der Waals surface area contributed by atoms with Crippen LogP contribution in [0.5, 0.6) is 0 Å². The van der Waals surface area contributed by atoms with E-state index in [1.54, 1.807) is 0 Å². The summed E-state index contributed by atoms with van der Waals surface area (Å²) >= 11 is 0. The molecule has 0 heterocycles. The Morgan fingerprint density at radius 3 is 2.08 bits per heavy atom. The molecule has 0 fully saturated rings. The Bertz CT molecular complexity index is 777. The average Bonchev–Trinajstić information content (AvgIpc) is 2.93. The van der Waals surface area contributed by atoms with Gasteiger partial charge in [-0.2, -0.15) is 0 Å². The molecule has 0 radical (unpaired) electrons. The zero-order chi connectivity index (χ0) is 18.8. The van der Waals surface area contributed by atoms with E-state index in [-0.39, 0.29) is 0 Å². The van der Waals surface area contributed by atoms with Crippen molar-refractivity contribution in [3.8, 4) is 11.1 Å². The predicted octanol–water partition coefficient (Wildman–Crippen LogP) is 3.83. The second-order valence-electron chi connectivity index (χ2n) is 8.22. The van der Waals surface area contributed by atoms with Gasteiger partial charge in [-0.25, -0.2) is 0 Å². The molecule has 140 valence electrons. The normalized spacial score (nSPS) is 13.0. The van der Waals surface area contributed by atoms with Crippen molar-refractivity contribution in [2.45, 2.75) is 33.0 Å². The van der Waals surface area contributed by atoms with Crippen LogP contribution >= 0.6 is 0 Å². The summed E-state index contributed by atoms with van der Waals surface area (Å²) in [5, 5.41) is 0. The van der Waals surface area contributed by atoms with Crippen LogP contribution in [0, 0.1) is 0 Å². The third kappa shape index (κ3) is 4.01. The van der Waals surface area contributed by atoms with E-state index in [1.807, 2.05) is 0 Å². The summed E-state index contributed by atoms with van der Waals surface area (Å²) in [6.07, 6.45) is 1.07. The number of benzene rings is 2. The first-order chi connectivity index (χ1) is 12.4. The first-order valence-corrected chi connectivity index (χ1v) is 9.62. The molecule has 2 aromatic rings. The highest BCUT2D eigenvalue weighted by atomic mass is 15.1. The highest BCUT2D eigenvalue weighted by Gasteiger charge is 2.25. The molecule has 0 N–H and O–H groups in total. The molecular formula is C23H33N3. The van der Waals surface area contributed by atoms with E-state index >= 15 is 0 Å². The lowest BCUT2D eigenvalue weighted by Gasteiger charge is -2.21. The molecule has 26 heavy (non-hydrogen) atoms. The Hall–Kier alpha value is -1.68. The van der Waals surface area contributed by atoms with Gasteiger partial charge in [0.25, 0.3) is 0 Å². The lowest BCUT2D eigenvalue weighted by Crippen LogP contribution is -2.18. The van der Waals surface area contributed by atoms with Gasteiger partial charge in [0, 0.05) is 19.6 Å². The van der Waals surface area contributed by atoms with Gasteiger partial charge in [-0.05, 0) is 87.1 Å². The molecule has 0 aliphatic heterocycles. The molecule has 0 amide bonds. The number of fused-ring (bicyclic) bond motifs is 3. The number of hydrogen-bond donors (Lipinski definition) is 0. The molecular weight excluding hydrogens is 318 g/mol. The lowest BCUT2D eigenvalue weighted by molar-refractivity contribution is 0.345. The van der Waals surface area contributed by atoms with Gasteiger partial charge in [0.2, 0.25) is 0 Å². The van der Waals surface area contributed by atoms with Crippen LogP contribution in [0.3, 0.4) is 0 Å². The smallest absolute Gasteiger partial charge is 0.0234 e. The average molecular weight is 352 g/mol. The Morgan fingerprint density at radius 1 is 0.769 bits per heavy atom. The molecule has 0 aromatic heterocycles. The van der Waals surface area contributed by atoms with Gasteiger partial charge in [0.1, 0.15) is 0 Å². The van der Waals surface area contributed by atoms with E-state index in [4.69, 9.17) is 0 Å². The van der Waals surface area contributed by atoms with Crippen molar-refractivity contribution in [1.29, 1.82) is 0 Å². The van der Waals surface area contributed by atoms with Crippen molar-refractivity contribution in [1.82, 2.24) is 14.7 Å². The quantitative estimate of drug-likeness (QED) is 0.640. The minimum atomic E-state index is 0.988. The molecule has 0 spiro atoms. The monoisotopic (exact) mass is 351 g/mol. The summed E-state index contributed by atoms with van der Waals surface area (Å²) in [4.78, 5) is 6.93. The van der Waals surface area contributed by atoms with Crippen molar-refractivity contribution in [2.24, 2.45) is 0 Å². The Labute approximate surface area is 159 Å². The number of rotatable bonds is 7. The number of hydrogen-bond acceptors (Lipinski definition) is 3. The van der Waals surface area contributed by atoms with Gasteiger partial charge in [-0.3, -0.25) is 0 Å². The van der Waals surface area contributed by atoms with Crippen molar-refractivity contribution in [3.05, 3.63) is 58.1 Å². The topological polar surface area (TPSA) is 9.72 Å². The highest BCUT2D eigenvalue weighted by Crippen LogP contribution is 2.42. The molecule has 0 unspecified atom stereocenters. The van der Waals surface area contributed by atoms with Crippen molar-refractivity contribution >= 4 is 0 Å². The molecule has 3 nitrogen and oxygen atoms in total. The van der Waals surface area contributed by atoms with Gasteiger partial charge < -0.3 is 14.7 Å². The van der Waals surface area contributed by atoms with Crippen LogP contribution in [0.1, 0.15) is 34.7 Å². The zero-order valence-electron chi connectivity index (χ0n) is 17.3. The summed E-state index contributed by atoms with van der Waals surface area (Å²) in [5.41, 5.74) is 10.3. The van der Waals surface area contributed by atoms with Crippen LogP contribution in [-0.2, 0) is 26.1 Å². The molecule has 3 rings (SSSR count). The molecule has 0 saturated carbocycles. The van der Waals surface area contributed by atoms with E-state index in [9.17, 15) is 0 Å². The summed E-state index contributed by atoms with van der Waals surface area (Å²) in [6.45, 7) is 6.29. The van der Waals surface area contributed by atoms with E-state index in [2.05, 4.69) is 87.2 Å². The number of nitrogens with zero attached hydrogens (tertiary/aromatic N) is 3. The van der Waals surface area contributed by atoms with E-state index in [0.717, 1.165) is 32.6 Å². The molecule has 0 saturated heterocycles. The molecule has 0 atom stereocenters. The van der Waals surface area contributed by atoms with Crippen LogP contribution in [0.25, 0.3) is 11.1 Å². The fraction of sp³-hybridized carbons (Fsp3) is 0.478. The maximum Gasteiger partial charge on any atom is 0.0234 e. The zero-order valence-corrected chi connectivity index (χ0v) is 17.3. The third-order valence-electron chi connectivity index (χ3n) is 5.19. The van der Waals surface area contributed by atoms with Crippen LogP contribution in [0.15, 0.2) is 30.3 Å². The van der Waals surface area contributed by atoms with E-state index in [1.165, 1.54) is 38.9 Å². The van der Waals surface area contributed by atoms with Crippen LogP contribution in [-0.4, -0.2) is 56.5 Å². The summed E-state index contributed by atoms with van der Waals surface area (Å²) in [5.74, 6) is 0. The maximum atomic E-state index is 2.44. The second-order valence-corrected chi connectivity index (χ2v) is 8.22. The van der Waals surface area contributed by atoms with Gasteiger partial charge >= 0.3 is 0 Å². The molecule has 3 heteroatoms. The van der Waals surface area contributed by atoms with Gasteiger partial charge in [0.15, 0.2) is 0 Å². The molecule has 2 aromatic carbocycles. The van der Waals surface area contributed by atoms with Crippen molar-refractivity contribution in [3.63, 3.8) is 0 Å². The summed E-state index contributed by atoms with van der Waals surface area (Å²) < 4.78 is 0. The van der Waals surface area contributed by atoms with E-state index in [0.29, 0.717) is 0 Å². The maximum absolute atomic E-state index is 2.44. The SMILES string of the molecule is CCN(C)Cc1cc2c(c(CN(C)C)c1)-c1c(cccc1CN(C)C)C2. The van der Waals surface area contributed by atoms with Gasteiger partial charge in [-0.1, -0.05) is 37.3 Å². The van der Waals surface area contributed by atoms with Gasteiger partial charge in [0.05, 0.1) is 0 Å². The molecule has 0 bridgehead atoms. The Kier molecular flexibility index (Phi) is 5.81. The second kappa shape index (κ2) is 7.91. The van der Waals surface area contributed by atoms with Gasteiger partial charge in [-0.15, -0.1) is 0 Å². The largest absolute Gasteiger partial charge is 0.305 e. The summed E-state index contributed by atoms with van der Waals surface area (Å²) in [7, 11) is 10.8. The lowest BCUT2D eigenvalue weighted by atomic mass is 9.93. The fourth-order valence-electron chi connectivity index (χ4n) is 4.08. The van der Waals surface area contributed by atoms with Crippen LogP contribution in [0.4, 0.5) is 0 Å². The summed E-state index contributed by atoms with van der Waals surface area (Å²) in [6, 6.07) is 11.7. The predicted molar refractivity (Wildman–Crippen MR) is 111 cm³/mol.